The van der Waals surface area contributed by atoms with Crippen molar-refractivity contribution in [2.45, 2.75) is 34.1 Å². The maximum Gasteiger partial charge on any atom is 0.156 e. The molecule has 0 amide bonds. The molecule has 2 rings (SSSR count). The SMILES string of the molecule is CC1(C)C(CNC2=NCCCS2)C1(C)C. The van der Waals surface area contributed by atoms with Crippen LogP contribution in [0.4, 0.5) is 0 Å². The zero-order valence-electron chi connectivity index (χ0n) is 10.3. The van der Waals surface area contributed by atoms with Gasteiger partial charge in [-0.25, -0.2) is 0 Å². The Balaban J connectivity index is 1.83. The molecule has 15 heavy (non-hydrogen) atoms. The Morgan fingerprint density at radius 3 is 2.47 bits per heavy atom. The molecule has 0 saturated heterocycles. The molecule has 0 bridgehead atoms. The van der Waals surface area contributed by atoms with Gasteiger partial charge in [-0.15, -0.1) is 0 Å². The van der Waals surface area contributed by atoms with E-state index in [2.05, 4.69) is 38.0 Å². The molecule has 0 atom stereocenters. The first kappa shape index (κ1) is 11.3. The van der Waals surface area contributed by atoms with Gasteiger partial charge >= 0.3 is 0 Å². The van der Waals surface area contributed by atoms with Gasteiger partial charge in [-0.1, -0.05) is 39.5 Å². The third-order valence-corrected chi connectivity index (χ3v) is 5.61. The Labute approximate surface area is 97.3 Å². The van der Waals surface area contributed by atoms with Crippen LogP contribution in [0, 0.1) is 16.7 Å². The fraction of sp³-hybridized carbons (Fsp3) is 0.917. The molecule has 1 N–H and O–H groups in total. The van der Waals surface area contributed by atoms with Crippen LogP contribution in [-0.4, -0.2) is 24.0 Å². The second-order valence-corrected chi connectivity index (χ2v) is 6.85. The van der Waals surface area contributed by atoms with E-state index in [1.807, 2.05) is 11.8 Å². The van der Waals surface area contributed by atoms with E-state index in [-0.39, 0.29) is 0 Å². The van der Waals surface area contributed by atoms with Crippen molar-refractivity contribution in [3.05, 3.63) is 0 Å². The average Bonchev–Trinajstić information content (AvgIpc) is 2.57. The first-order valence-corrected chi connectivity index (χ1v) is 6.86. The predicted octanol–water partition coefficient (Wildman–Crippen LogP) is 2.75. The Morgan fingerprint density at radius 1 is 1.33 bits per heavy atom. The summed E-state index contributed by atoms with van der Waals surface area (Å²) in [6.45, 7) is 11.6. The van der Waals surface area contributed by atoms with Gasteiger partial charge in [0.2, 0.25) is 0 Å². The molecule has 1 aliphatic carbocycles. The lowest BCUT2D eigenvalue weighted by Crippen LogP contribution is -2.27. The Hall–Kier alpha value is -0.180. The van der Waals surface area contributed by atoms with Crippen molar-refractivity contribution in [1.82, 2.24) is 5.32 Å². The average molecular weight is 226 g/mol. The minimum atomic E-state index is 0.486. The molecule has 3 heteroatoms. The molecule has 0 spiro atoms. The monoisotopic (exact) mass is 226 g/mol. The van der Waals surface area contributed by atoms with Crippen LogP contribution in [0.1, 0.15) is 34.1 Å². The normalized spacial score (nSPS) is 28.4. The largest absolute Gasteiger partial charge is 0.365 e. The Kier molecular flexibility index (Phi) is 2.78. The number of aliphatic imine (C=N–C) groups is 1. The number of rotatable bonds is 2. The van der Waals surface area contributed by atoms with Crippen molar-refractivity contribution >= 4 is 16.9 Å². The van der Waals surface area contributed by atoms with Crippen molar-refractivity contribution in [2.24, 2.45) is 21.7 Å². The van der Waals surface area contributed by atoms with Crippen molar-refractivity contribution in [1.29, 1.82) is 0 Å². The Morgan fingerprint density at radius 2 is 2.00 bits per heavy atom. The molecule has 0 aromatic heterocycles. The third-order valence-electron chi connectivity index (χ3n) is 4.57. The van der Waals surface area contributed by atoms with E-state index in [0.29, 0.717) is 10.8 Å². The molecule has 0 aromatic rings. The van der Waals surface area contributed by atoms with Crippen LogP contribution in [0.15, 0.2) is 4.99 Å². The molecule has 0 radical (unpaired) electrons. The molecule has 2 nitrogen and oxygen atoms in total. The molecule has 0 unspecified atom stereocenters. The summed E-state index contributed by atoms with van der Waals surface area (Å²) < 4.78 is 0. The van der Waals surface area contributed by atoms with Crippen LogP contribution in [0.2, 0.25) is 0 Å². The van der Waals surface area contributed by atoms with E-state index in [4.69, 9.17) is 0 Å². The van der Waals surface area contributed by atoms with E-state index in [0.717, 1.165) is 19.0 Å². The maximum absolute atomic E-state index is 4.49. The summed E-state index contributed by atoms with van der Waals surface area (Å²) in [7, 11) is 0. The van der Waals surface area contributed by atoms with Crippen LogP contribution >= 0.6 is 11.8 Å². The van der Waals surface area contributed by atoms with Crippen LogP contribution in [-0.2, 0) is 0 Å². The molecule has 1 saturated carbocycles. The number of thioether (sulfide) groups is 1. The second-order valence-electron chi connectivity index (χ2n) is 5.77. The fourth-order valence-corrected chi connectivity index (χ4v) is 3.43. The molecule has 0 aromatic carbocycles. The van der Waals surface area contributed by atoms with E-state index in [9.17, 15) is 0 Å². The Bertz CT molecular complexity index is 267. The van der Waals surface area contributed by atoms with Crippen LogP contribution < -0.4 is 5.32 Å². The lowest BCUT2D eigenvalue weighted by molar-refractivity contribution is 0.457. The lowest BCUT2D eigenvalue weighted by atomic mass is 10.0. The summed E-state index contributed by atoms with van der Waals surface area (Å²) in [4.78, 5) is 4.49. The topological polar surface area (TPSA) is 24.4 Å². The number of hydrogen-bond donors (Lipinski definition) is 1. The summed E-state index contributed by atoms with van der Waals surface area (Å²) >= 11 is 1.87. The van der Waals surface area contributed by atoms with Gasteiger partial charge in [-0.2, -0.15) is 0 Å². The van der Waals surface area contributed by atoms with E-state index < -0.39 is 0 Å². The standard InChI is InChI=1S/C12H22N2S/c1-11(2)9(12(11,3)4)8-14-10-13-6-5-7-15-10/h9H,5-8H2,1-4H3,(H,13,14). The molecule has 1 heterocycles. The van der Waals surface area contributed by atoms with Gasteiger partial charge in [0.25, 0.3) is 0 Å². The van der Waals surface area contributed by atoms with E-state index >= 15 is 0 Å². The van der Waals surface area contributed by atoms with Crippen molar-refractivity contribution in [3.63, 3.8) is 0 Å². The van der Waals surface area contributed by atoms with Gasteiger partial charge in [-0.05, 0) is 23.2 Å². The maximum atomic E-state index is 4.49. The second kappa shape index (κ2) is 3.69. The first-order valence-electron chi connectivity index (χ1n) is 5.87. The van der Waals surface area contributed by atoms with Crippen LogP contribution in [0.25, 0.3) is 0 Å². The molecular weight excluding hydrogens is 204 g/mol. The zero-order chi connectivity index (χ0) is 11.1. The summed E-state index contributed by atoms with van der Waals surface area (Å²) in [5.41, 5.74) is 0.972. The summed E-state index contributed by atoms with van der Waals surface area (Å²) in [5.74, 6) is 2.01. The molecule has 1 fully saturated rings. The molecular formula is C12H22N2S. The van der Waals surface area contributed by atoms with Crippen molar-refractivity contribution in [2.75, 3.05) is 18.8 Å². The van der Waals surface area contributed by atoms with Gasteiger partial charge in [0.05, 0.1) is 0 Å². The van der Waals surface area contributed by atoms with E-state index in [1.54, 1.807) is 0 Å². The van der Waals surface area contributed by atoms with Gasteiger partial charge in [0.15, 0.2) is 5.17 Å². The van der Waals surface area contributed by atoms with E-state index in [1.165, 1.54) is 17.3 Å². The van der Waals surface area contributed by atoms with Crippen LogP contribution in [0.5, 0.6) is 0 Å². The highest BCUT2D eigenvalue weighted by molar-refractivity contribution is 8.13. The fourth-order valence-electron chi connectivity index (χ4n) is 2.60. The van der Waals surface area contributed by atoms with Gasteiger partial charge in [0.1, 0.15) is 0 Å². The van der Waals surface area contributed by atoms with Gasteiger partial charge in [0, 0.05) is 18.8 Å². The van der Waals surface area contributed by atoms with Crippen molar-refractivity contribution in [3.8, 4) is 0 Å². The van der Waals surface area contributed by atoms with Gasteiger partial charge < -0.3 is 5.32 Å². The number of amidine groups is 1. The first-order chi connectivity index (χ1) is 6.96. The predicted molar refractivity (Wildman–Crippen MR) is 68.4 cm³/mol. The van der Waals surface area contributed by atoms with Gasteiger partial charge in [-0.3, -0.25) is 4.99 Å². The molecule has 1 aliphatic heterocycles. The summed E-state index contributed by atoms with van der Waals surface area (Å²) in [5, 5.41) is 4.67. The number of nitrogens with zero attached hydrogens (tertiary/aromatic N) is 1. The summed E-state index contributed by atoms with van der Waals surface area (Å²) in [6.07, 6.45) is 1.23. The minimum Gasteiger partial charge on any atom is -0.365 e. The highest BCUT2D eigenvalue weighted by Crippen LogP contribution is 2.67. The number of hydrogen-bond acceptors (Lipinski definition) is 3. The number of nitrogens with one attached hydrogen (secondary N) is 1. The van der Waals surface area contributed by atoms with Crippen molar-refractivity contribution < 1.29 is 0 Å². The van der Waals surface area contributed by atoms with Crippen LogP contribution in [0.3, 0.4) is 0 Å². The molecule has 2 aliphatic rings. The highest BCUT2D eigenvalue weighted by Gasteiger charge is 2.64. The smallest absolute Gasteiger partial charge is 0.156 e. The minimum absolute atomic E-state index is 0.486. The lowest BCUT2D eigenvalue weighted by Gasteiger charge is -2.13. The molecule has 86 valence electrons. The highest BCUT2D eigenvalue weighted by atomic mass is 32.2. The quantitative estimate of drug-likeness (QED) is 0.783. The third kappa shape index (κ3) is 1.91. The zero-order valence-corrected chi connectivity index (χ0v) is 11.1. The summed E-state index contributed by atoms with van der Waals surface area (Å²) in [6, 6.07) is 0.